The average molecular weight is 304 g/mol. The number of rotatable bonds is 3. The van der Waals surface area contributed by atoms with Crippen LogP contribution in [0.2, 0.25) is 0 Å². The van der Waals surface area contributed by atoms with E-state index in [1.807, 2.05) is 13.8 Å². The fourth-order valence-electron chi connectivity index (χ4n) is 1.94. The lowest BCUT2D eigenvalue weighted by Gasteiger charge is -2.00. The Morgan fingerprint density at radius 2 is 2.14 bits per heavy atom. The molecule has 0 aliphatic rings. The van der Waals surface area contributed by atoms with Gasteiger partial charge in [0, 0.05) is 17.5 Å². The number of aromatic nitrogens is 4. The van der Waals surface area contributed by atoms with Gasteiger partial charge in [0.1, 0.15) is 10.7 Å². The van der Waals surface area contributed by atoms with Gasteiger partial charge < -0.3 is 5.73 Å². The van der Waals surface area contributed by atoms with Crippen LogP contribution in [0.4, 0.5) is 11.4 Å². The van der Waals surface area contributed by atoms with E-state index >= 15 is 0 Å². The van der Waals surface area contributed by atoms with Crippen molar-refractivity contribution in [2.24, 2.45) is 0 Å². The van der Waals surface area contributed by atoms with Crippen molar-refractivity contribution in [3.05, 3.63) is 34.1 Å². The third kappa shape index (κ3) is 2.21. The van der Waals surface area contributed by atoms with Crippen LogP contribution in [0.1, 0.15) is 25.6 Å². The van der Waals surface area contributed by atoms with E-state index in [1.165, 1.54) is 23.5 Å². The molecule has 2 aromatic heterocycles. The Morgan fingerprint density at radius 3 is 2.81 bits per heavy atom. The third-order valence-electron chi connectivity index (χ3n) is 3.01. The Morgan fingerprint density at radius 1 is 1.38 bits per heavy atom. The van der Waals surface area contributed by atoms with Crippen LogP contribution < -0.4 is 5.73 Å². The summed E-state index contributed by atoms with van der Waals surface area (Å²) in [7, 11) is 0. The minimum absolute atomic E-state index is 0.123. The van der Waals surface area contributed by atoms with Gasteiger partial charge in [-0.05, 0) is 12.1 Å². The van der Waals surface area contributed by atoms with Crippen molar-refractivity contribution >= 4 is 27.7 Å². The highest BCUT2D eigenvalue weighted by molar-refractivity contribution is 7.19. The van der Waals surface area contributed by atoms with Gasteiger partial charge >= 0.3 is 0 Å². The van der Waals surface area contributed by atoms with E-state index in [1.54, 1.807) is 10.6 Å². The third-order valence-corrected chi connectivity index (χ3v) is 3.95. The second-order valence-corrected chi connectivity index (χ2v) is 5.80. The summed E-state index contributed by atoms with van der Waals surface area (Å²) in [4.78, 5) is 11.1. The molecule has 2 N–H and O–H groups in total. The summed E-state index contributed by atoms with van der Waals surface area (Å²) in [5.74, 6) is 0.952. The molecule has 0 amide bonds. The monoisotopic (exact) mass is 304 g/mol. The van der Waals surface area contributed by atoms with Gasteiger partial charge in [-0.3, -0.25) is 10.1 Å². The highest BCUT2D eigenvalue weighted by Crippen LogP contribution is 2.31. The van der Waals surface area contributed by atoms with Gasteiger partial charge in [0.15, 0.2) is 5.82 Å². The molecule has 1 aromatic carbocycles. The Kier molecular flexibility index (Phi) is 3.05. The molecule has 0 aliphatic carbocycles. The number of nitrogens with two attached hydrogens (primary N) is 1. The van der Waals surface area contributed by atoms with Crippen molar-refractivity contribution in [3.63, 3.8) is 0 Å². The summed E-state index contributed by atoms with van der Waals surface area (Å²) >= 11 is 1.33. The molecule has 8 nitrogen and oxygen atoms in total. The molecule has 21 heavy (non-hydrogen) atoms. The Hall–Kier alpha value is -2.55. The van der Waals surface area contributed by atoms with E-state index in [0.717, 1.165) is 5.82 Å². The maximum absolute atomic E-state index is 11.0. The Balaban J connectivity index is 2.12. The number of nitro benzene ring substituents is 1. The molecule has 0 radical (unpaired) electrons. The molecular weight excluding hydrogens is 292 g/mol. The van der Waals surface area contributed by atoms with Crippen LogP contribution in [0.5, 0.6) is 0 Å². The topological polar surface area (TPSA) is 112 Å². The first-order valence-electron chi connectivity index (χ1n) is 6.24. The first-order chi connectivity index (χ1) is 9.97. The van der Waals surface area contributed by atoms with Gasteiger partial charge in [0.2, 0.25) is 4.96 Å². The summed E-state index contributed by atoms with van der Waals surface area (Å²) < 4.78 is 1.67. The lowest BCUT2D eigenvalue weighted by molar-refractivity contribution is -0.383. The standard InChI is InChI=1S/C12H12N6O2S/c1-6(2)10-14-15-12-17(10)16-11(21-12)7-3-4-8(13)9(5-7)18(19)20/h3-6H,13H2,1-2H3. The second-order valence-electron chi connectivity index (χ2n) is 4.85. The molecule has 0 unspecified atom stereocenters. The number of nitro groups is 1. The van der Waals surface area contributed by atoms with E-state index in [-0.39, 0.29) is 17.3 Å². The van der Waals surface area contributed by atoms with Crippen LogP contribution in [0, 0.1) is 10.1 Å². The predicted molar refractivity (Wildman–Crippen MR) is 79.3 cm³/mol. The van der Waals surface area contributed by atoms with Gasteiger partial charge in [-0.1, -0.05) is 25.2 Å². The molecule has 0 saturated carbocycles. The van der Waals surface area contributed by atoms with Crippen LogP contribution in [-0.4, -0.2) is 24.7 Å². The van der Waals surface area contributed by atoms with Crippen LogP contribution in [-0.2, 0) is 0 Å². The van der Waals surface area contributed by atoms with Crippen LogP contribution in [0.15, 0.2) is 18.2 Å². The summed E-state index contributed by atoms with van der Waals surface area (Å²) in [5.41, 5.74) is 6.25. The van der Waals surface area contributed by atoms with E-state index in [4.69, 9.17) is 5.73 Å². The lowest BCUT2D eigenvalue weighted by atomic mass is 10.2. The number of anilines is 1. The molecule has 3 rings (SSSR count). The zero-order valence-corrected chi connectivity index (χ0v) is 12.2. The first kappa shape index (κ1) is 13.4. The van der Waals surface area contributed by atoms with E-state index < -0.39 is 4.92 Å². The number of nitrogens with zero attached hydrogens (tertiary/aromatic N) is 5. The summed E-state index contributed by atoms with van der Waals surface area (Å²) in [6, 6.07) is 4.65. The highest BCUT2D eigenvalue weighted by atomic mass is 32.1. The minimum atomic E-state index is -0.501. The second kappa shape index (κ2) is 4.77. The molecule has 2 heterocycles. The normalized spacial score (nSPS) is 11.4. The zero-order chi connectivity index (χ0) is 15.1. The Bertz CT molecular complexity index is 838. The van der Waals surface area contributed by atoms with Gasteiger partial charge in [0.25, 0.3) is 5.69 Å². The molecule has 0 aliphatic heterocycles. The number of fused-ring (bicyclic) bond motifs is 1. The number of nitrogen functional groups attached to an aromatic ring is 1. The lowest BCUT2D eigenvalue weighted by Crippen LogP contribution is -1.98. The average Bonchev–Trinajstić information content (AvgIpc) is 2.98. The molecule has 0 atom stereocenters. The fourth-order valence-corrected chi connectivity index (χ4v) is 2.79. The first-order valence-corrected chi connectivity index (χ1v) is 7.05. The van der Waals surface area contributed by atoms with Crippen molar-refractivity contribution in [3.8, 4) is 10.6 Å². The summed E-state index contributed by atoms with van der Waals surface area (Å²) in [6.45, 7) is 4.01. The molecule has 0 saturated heterocycles. The largest absolute Gasteiger partial charge is 0.393 e. The molecular formula is C12H12N6O2S. The van der Waals surface area contributed by atoms with Gasteiger partial charge in [-0.2, -0.15) is 9.61 Å². The van der Waals surface area contributed by atoms with Crippen molar-refractivity contribution in [1.82, 2.24) is 19.8 Å². The predicted octanol–water partition coefficient (Wildman–Crippen LogP) is 2.47. The molecule has 0 bridgehead atoms. The van der Waals surface area contributed by atoms with Gasteiger partial charge in [0.05, 0.1) is 4.92 Å². The fraction of sp³-hybridized carbons (Fsp3) is 0.250. The van der Waals surface area contributed by atoms with Crippen molar-refractivity contribution in [1.29, 1.82) is 0 Å². The maximum Gasteiger partial charge on any atom is 0.292 e. The summed E-state index contributed by atoms with van der Waals surface area (Å²) in [5, 5.41) is 24.2. The smallest absolute Gasteiger partial charge is 0.292 e. The van der Waals surface area contributed by atoms with E-state index in [9.17, 15) is 10.1 Å². The number of benzene rings is 1. The molecule has 3 aromatic rings. The highest BCUT2D eigenvalue weighted by Gasteiger charge is 2.18. The van der Waals surface area contributed by atoms with Gasteiger partial charge in [-0.15, -0.1) is 10.2 Å². The minimum Gasteiger partial charge on any atom is -0.393 e. The molecule has 0 spiro atoms. The maximum atomic E-state index is 11.0. The van der Waals surface area contributed by atoms with Gasteiger partial charge in [-0.25, -0.2) is 0 Å². The van der Waals surface area contributed by atoms with E-state index in [2.05, 4.69) is 15.3 Å². The molecule has 0 fully saturated rings. The quantitative estimate of drug-likeness (QED) is 0.452. The SMILES string of the molecule is CC(C)c1nnc2sc(-c3ccc(N)c([N+](=O)[O-])c3)nn12. The molecule has 9 heteroatoms. The summed E-state index contributed by atoms with van der Waals surface area (Å²) in [6.07, 6.45) is 0. The number of hydrogen-bond acceptors (Lipinski definition) is 7. The Labute approximate surface area is 123 Å². The van der Waals surface area contributed by atoms with Crippen molar-refractivity contribution in [2.45, 2.75) is 19.8 Å². The molecule has 108 valence electrons. The number of hydrogen-bond donors (Lipinski definition) is 1. The zero-order valence-electron chi connectivity index (χ0n) is 11.3. The van der Waals surface area contributed by atoms with E-state index in [0.29, 0.717) is 15.5 Å². The van der Waals surface area contributed by atoms with Crippen molar-refractivity contribution in [2.75, 3.05) is 5.73 Å². The van der Waals surface area contributed by atoms with Crippen LogP contribution in [0.3, 0.4) is 0 Å². The van der Waals surface area contributed by atoms with Crippen LogP contribution in [0.25, 0.3) is 15.5 Å². The van der Waals surface area contributed by atoms with Crippen molar-refractivity contribution < 1.29 is 4.92 Å². The van der Waals surface area contributed by atoms with Crippen LogP contribution >= 0.6 is 11.3 Å².